The van der Waals surface area contributed by atoms with E-state index in [4.69, 9.17) is 4.74 Å². The number of carbonyl (C=O) groups excluding carboxylic acids is 2. The third-order valence-electron chi connectivity index (χ3n) is 4.12. The molecule has 3 rings (SSSR count). The summed E-state index contributed by atoms with van der Waals surface area (Å²) < 4.78 is 5.17. The number of benzene rings is 3. The fraction of sp³-hybridized carbons (Fsp3) is 0.130. The van der Waals surface area contributed by atoms with Crippen molar-refractivity contribution in [1.29, 1.82) is 0 Å². The highest BCUT2D eigenvalue weighted by Gasteiger charge is 2.10. The molecule has 0 aromatic heterocycles. The molecule has 0 aliphatic carbocycles. The molecule has 0 saturated heterocycles. The monoisotopic (exact) mass is 359 g/mol. The van der Waals surface area contributed by atoms with Crippen molar-refractivity contribution in [3.63, 3.8) is 0 Å². The Labute approximate surface area is 158 Å². The van der Waals surface area contributed by atoms with Crippen LogP contribution in [0.4, 0.5) is 0 Å². The van der Waals surface area contributed by atoms with Crippen LogP contribution in [0.25, 0.3) is 11.1 Å². The quantitative estimate of drug-likeness (QED) is 0.515. The molecule has 4 heteroatoms. The molecule has 0 saturated carbocycles. The molecule has 0 aliphatic heterocycles. The zero-order chi connectivity index (χ0) is 18.9. The van der Waals surface area contributed by atoms with E-state index in [1.807, 2.05) is 60.7 Å². The molecule has 136 valence electrons. The molecular weight excluding hydrogens is 338 g/mol. The van der Waals surface area contributed by atoms with Gasteiger partial charge in [-0.15, -0.1) is 0 Å². The van der Waals surface area contributed by atoms with Crippen molar-refractivity contribution in [2.24, 2.45) is 0 Å². The van der Waals surface area contributed by atoms with Crippen LogP contribution >= 0.6 is 0 Å². The minimum atomic E-state index is -0.390. The summed E-state index contributed by atoms with van der Waals surface area (Å²) in [7, 11) is 0. The average molecular weight is 359 g/mol. The first-order valence-electron chi connectivity index (χ1n) is 8.86. The van der Waals surface area contributed by atoms with Gasteiger partial charge in [-0.2, -0.15) is 0 Å². The Bertz CT molecular complexity index is 892. The van der Waals surface area contributed by atoms with Gasteiger partial charge in [0.05, 0.1) is 18.5 Å². The summed E-state index contributed by atoms with van der Waals surface area (Å²) in [6.45, 7) is 0.421. The van der Waals surface area contributed by atoms with E-state index in [2.05, 4.69) is 5.32 Å². The van der Waals surface area contributed by atoms with Gasteiger partial charge in [-0.05, 0) is 28.8 Å². The molecule has 0 radical (unpaired) electrons. The SMILES string of the molecule is O=C(Cc1ccccc1-c1ccccc1)NCCOC(=O)c1ccccc1. The van der Waals surface area contributed by atoms with Crippen molar-refractivity contribution in [3.05, 3.63) is 96.1 Å². The number of rotatable bonds is 7. The molecular formula is C23H21NO3. The lowest BCUT2D eigenvalue weighted by Gasteiger charge is -2.10. The van der Waals surface area contributed by atoms with Crippen molar-refractivity contribution in [1.82, 2.24) is 5.32 Å². The fourth-order valence-corrected chi connectivity index (χ4v) is 2.80. The van der Waals surface area contributed by atoms with Gasteiger partial charge in [-0.1, -0.05) is 72.8 Å². The van der Waals surface area contributed by atoms with Gasteiger partial charge in [-0.3, -0.25) is 4.79 Å². The van der Waals surface area contributed by atoms with Crippen LogP contribution in [0.2, 0.25) is 0 Å². The van der Waals surface area contributed by atoms with Gasteiger partial charge in [0.1, 0.15) is 6.61 Å². The Hall–Kier alpha value is -3.40. The highest BCUT2D eigenvalue weighted by atomic mass is 16.5. The van der Waals surface area contributed by atoms with E-state index in [0.29, 0.717) is 5.56 Å². The summed E-state index contributed by atoms with van der Waals surface area (Å²) in [4.78, 5) is 24.1. The fourth-order valence-electron chi connectivity index (χ4n) is 2.80. The maximum atomic E-state index is 12.3. The molecule has 0 aliphatic rings. The molecule has 0 spiro atoms. The van der Waals surface area contributed by atoms with Gasteiger partial charge in [-0.25, -0.2) is 4.79 Å². The lowest BCUT2D eigenvalue weighted by atomic mass is 9.97. The van der Waals surface area contributed by atoms with Crippen LogP contribution in [0, 0.1) is 0 Å². The first-order chi connectivity index (χ1) is 13.2. The molecule has 0 fully saturated rings. The zero-order valence-corrected chi connectivity index (χ0v) is 14.9. The Kier molecular flexibility index (Phi) is 6.36. The maximum absolute atomic E-state index is 12.3. The lowest BCUT2D eigenvalue weighted by molar-refractivity contribution is -0.120. The molecule has 0 atom stereocenters. The van der Waals surface area contributed by atoms with Gasteiger partial charge in [0.15, 0.2) is 0 Å². The number of hydrogen-bond acceptors (Lipinski definition) is 3. The van der Waals surface area contributed by atoms with E-state index >= 15 is 0 Å². The number of ether oxygens (including phenoxy) is 1. The Morgan fingerprint density at radius 1 is 0.778 bits per heavy atom. The van der Waals surface area contributed by atoms with E-state index in [-0.39, 0.29) is 31.4 Å². The van der Waals surface area contributed by atoms with Crippen LogP contribution < -0.4 is 5.32 Å². The number of esters is 1. The van der Waals surface area contributed by atoms with Gasteiger partial charge < -0.3 is 10.1 Å². The molecule has 0 heterocycles. The normalized spacial score (nSPS) is 10.2. The van der Waals surface area contributed by atoms with Crippen LogP contribution in [0.3, 0.4) is 0 Å². The lowest BCUT2D eigenvalue weighted by Crippen LogP contribution is -2.29. The third-order valence-corrected chi connectivity index (χ3v) is 4.12. The van der Waals surface area contributed by atoms with Crippen molar-refractivity contribution < 1.29 is 14.3 Å². The van der Waals surface area contributed by atoms with Crippen LogP contribution in [-0.4, -0.2) is 25.0 Å². The number of hydrogen-bond donors (Lipinski definition) is 1. The smallest absolute Gasteiger partial charge is 0.338 e. The minimum absolute atomic E-state index is 0.103. The summed E-state index contributed by atoms with van der Waals surface area (Å²) in [6.07, 6.45) is 0.275. The second-order valence-electron chi connectivity index (χ2n) is 6.05. The summed E-state index contributed by atoms with van der Waals surface area (Å²) in [6, 6.07) is 26.6. The van der Waals surface area contributed by atoms with Crippen LogP contribution in [-0.2, 0) is 16.0 Å². The summed E-state index contributed by atoms with van der Waals surface area (Å²) in [5.41, 5.74) is 3.59. The second-order valence-corrected chi connectivity index (χ2v) is 6.05. The first-order valence-corrected chi connectivity index (χ1v) is 8.86. The molecule has 4 nitrogen and oxygen atoms in total. The predicted octanol–water partition coefficient (Wildman–Crippen LogP) is 3.87. The van der Waals surface area contributed by atoms with E-state index < -0.39 is 0 Å². The molecule has 1 N–H and O–H groups in total. The summed E-state index contributed by atoms with van der Waals surface area (Å²) in [5.74, 6) is -0.492. The molecule has 3 aromatic rings. The number of carbonyl (C=O) groups is 2. The highest BCUT2D eigenvalue weighted by Crippen LogP contribution is 2.23. The van der Waals surface area contributed by atoms with Crippen molar-refractivity contribution >= 4 is 11.9 Å². The van der Waals surface area contributed by atoms with Crippen LogP contribution in [0.1, 0.15) is 15.9 Å². The average Bonchev–Trinajstić information content (AvgIpc) is 2.73. The molecule has 0 bridgehead atoms. The minimum Gasteiger partial charge on any atom is -0.460 e. The van der Waals surface area contributed by atoms with Crippen molar-refractivity contribution in [3.8, 4) is 11.1 Å². The van der Waals surface area contributed by atoms with Gasteiger partial charge in [0, 0.05) is 0 Å². The topological polar surface area (TPSA) is 55.4 Å². The van der Waals surface area contributed by atoms with Crippen LogP contribution in [0.5, 0.6) is 0 Å². The Morgan fingerprint density at radius 2 is 1.41 bits per heavy atom. The zero-order valence-electron chi connectivity index (χ0n) is 14.9. The van der Waals surface area contributed by atoms with Gasteiger partial charge in [0.25, 0.3) is 0 Å². The van der Waals surface area contributed by atoms with Gasteiger partial charge in [0.2, 0.25) is 5.91 Å². The first kappa shape index (κ1) is 18.4. The Morgan fingerprint density at radius 3 is 2.15 bits per heavy atom. The number of nitrogens with one attached hydrogen (secondary N) is 1. The summed E-state index contributed by atoms with van der Waals surface area (Å²) in [5, 5.41) is 2.80. The highest BCUT2D eigenvalue weighted by molar-refractivity contribution is 5.89. The second kappa shape index (κ2) is 9.34. The van der Waals surface area contributed by atoms with Crippen molar-refractivity contribution in [2.75, 3.05) is 13.2 Å². The Balaban J connectivity index is 1.50. The largest absolute Gasteiger partial charge is 0.460 e. The van der Waals surface area contributed by atoms with E-state index in [1.165, 1.54) is 0 Å². The van der Waals surface area contributed by atoms with E-state index in [0.717, 1.165) is 16.7 Å². The molecule has 3 aromatic carbocycles. The van der Waals surface area contributed by atoms with E-state index in [1.54, 1.807) is 24.3 Å². The standard InChI is InChI=1S/C23H21NO3/c25-22(24-15-16-27-23(26)19-11-5-2-6-12-19)17-20-13-7-8-14-21(20)18-9-3-1-4-10-18/h1-14H,15-17H2,(H,24,25). The molecule has 27 heavy (non-hydrogen) atoms. The summed E-state index contributed by atoms with van der Waals surface area (Å²) >= 11 is 0. The van der Waals surface area contributed by atoms with Gasteiger partial charge >= 0.3 is 5.97 Å². The maximum Gasteiger partial charge on any atom is 0.338 e. The van der Waals surface area contributed by atoms with Crippen molar-refractivity contribution in [2.45, 2.75) is 6.42 Å². The third kappa shape index (κ3) is 5.28. The van der Waals surface area contributed by atoms with E-state index in [9.17, 15) is 9.59 Å². The predicted molar refractivity (Wildman–Crippen MR) is 105 cm³/mol. The number of amides is 1. The molecule has 1 amide bonds. The molecule has 0 unspecified atom stereocenters. The van der Waals surface area contributed by atoms with Crippen LogP contribution in [0.15, 0.2) is 84.9 Å².